The van der Waals surface area contributed by atoms with Crippen LogP contribution in [-0.4, -0.2) is 41.4 Å². The zero-order chi connectivity index (χ0) is 18.9. The van der Waals surface area contributed by atoms with E-state index >= 15 is 0 Å². The Morgan fingerprint density at radius 3 is 2.56 bits per heavy atom. The number of benzene rings is 2. The van der Waals surface area contributed by atoms with Crippen LogP contribution in [0.4, 0.5) is 11.4 Å². The van der Waals surface area contributed by atoms with Gasteiger partial charge in [0.1, 0.15) is 12.7 Å². The molecule has 0 aliphatic carbocycles. The van der Waals surface area contributed by atoms with Gasteiger partial charge >= 0.3 is 0 Å². The molecule has 138 valence electrons. The van der Waals surface area contributed by atoms with Gasteiger partial charge in [0, 0.05) is 17.8 Å². The maximum atomic E-state index is 12.5. The minimum atomic E-state index is -3.28. The van der Waals surface area contributed by atoms with Gasteiger partial charge in [-0.25, -0.2) is 18.1 Å². The second kappa shape index (κ2) is 6.84. The van der Waals surface area contributed by atoms with Crippen LogP contribution in [-0.2, 0) is 10.0 Å². The van der Waals surface area contributed by atoms with Crippen molar-refractivity contribution in [3.05, 3.63) is 66.7 Å². The Hall–Kier alpha value is -3.20. The Balaban J connectivity index is 1.51. The first kappa shape index (κ1) is 17.2. The highest BCUT2D eigenvalue weighted by molar-refractivity contribution is 7.93. The third-order valence-corrected chi connectivity index (χ3v) is 6.17. The lowest BCUT2D eigenvalue weighted by molar-refractivity contribution is 0.102. The van der Waals surface area contributed by atoms with Gasteiger partial charge in [0.05, 0.1) is 17.1 Å². The molecule has 1 aromatic heterocycles. The molecule has 2 aromatic carbocycles. The van der Waals surface area contributed by atoms with Gasteiger partial charge in [0.25, 0.3) is 5.91 Å². The molecule has 0 spiro atoms. The molecule has 0 radical (unpaired) electrons. The molecule has 0 unspecified atom stereocenters. The third-order valence-electron chi connectivity index (χ3n) is 4.30. The Kier molecular flexibility index (Phi) is 4.36. The normalized spacial score (nSPS) is 15.6. The molecule has 4 rings (SSSR count). The van der Waals surface area contributed by atoms with Crippen molar-refractivity contribution >= 4 is 27.3 Å². The topological polar surface area (TPSA) is 97.2 Å². The summed E-state index contributed by atoms with van der Waals surface area (Å²) in [5.41, 5.74) is 2.37. The quantitative estimate of drug-likeness (QED) is 0.744. The van der Waals surface area contributed by atoms with Gasteiger partial charge in [-0.3, -0.25) is 9.10 Å². The number of sulfonamides is 1. The summed E-state index contributed by atoms with van der Waals surface area (Å²) in [7, 11) is -3.28. The number of hydrogen-bond donors (Lipinski definition) is 1. The van der Waals surface area contributed by atoms with Crippen molar-refractivity contribution in [3.63, 3.8) is 0 Å². The van der Waals surface area contributed by atoms with Crippen LogP contribution in [0.2, 0.25) is 0 Å². The third kappa shape index (κ3) is 3.54. The SMILES string of the molecule is O=C(Nc1ccc(-n2cncn2)cc1)c1cccc(N2CCCS2(=O)=O)c1. The van der Waals surface area contributed by atoms with E-state index in [-0.39, 0.29) is 11.7 Å². The van der Waals surface area contributed by atoms with Crippen LogP contribution in [0.25, 0.3) is 5.69 Å². The van der Waals surface area contributed by atoms with Crippen molar-refractivity contribution in [1.82, 2.24) is 14.8 Å². The largest absolute Gasteiger partial charge is 0.322 e. The first-order valence-electron chi connectivity index (χ1n) is 8.40. The molecule has 0 atom stereocenters. The predicted octanol–water partition coefficient (Wildman–Crippen LogP) is 2.06. The number of nitrogens with zero attached hydrogens (tertiary/aromatic N) is 4. The summed E-state index contributed by atoms with van der Waals surface area (Å²) in [5.74, 6) is -0.163. The zero-order valence-corrected chi connectivity index (χ0v) is 15.1. The first-order valence-corrected chi connectivity index (χ1v) is 10.0. The molecule has 0 saturated carbocycles. The summed E-state index contributed by atoms with van der Waals surface area (Å²) in [6.07, 6.45) is 3.63. The summed E-state index contributed by atoms with van der Waals surface area (Å²) < 4.78 is 27.1. The fourth-order valence-electron chi connectivity index (χ4n) is 2.97. The van der Waals surface area contributed by atoms with Gasteiger partial charge in [0.2, 0.25) is 10.0 Å². The van der Waals surface area contributed by atoms with E-state index in [1.807, 2.05) is 12.1 Å². The van der Waals surface area contributed by atoms with Gasteiger partial charge < -0.3 is 5.32 Å². The fraction of sp³-hybridized carbons (Fsp3) is 0.167. The summed E-state index contributed by atoms with van der Waals surface area (Å²) in [6, 6.07) is 13.8. The number of carbonyl (C=O) groups excluding carboxylic acids is 1. The highest BCUT2D eigenvalue weighted by Crippen LogP contribution is 2.25. The Morgan fingerprint density at radius 1 is 1.07 bits per heavy atom. The van der Waals surface area contributed by atoms with Crippen molar-refractivity contribution in [2.45, 2.75) is 6.42 Å². The number of nitrogens with one attached hydrogen (secondary N) is 1. The van der Waals surface area contributed by atoms with Crippen LogP contribution in [0.3, 0.4) is 0 Å². The van der Waals surface area contributed by atoms with Crippen molar-refractivity contribution < 1.29 is 13.2 Å². The first-order chi connectivity index (χ1) is 13.0. The molecule has 0 bridgehead atoms. The van der Waals surface area contributed by atoms with Crippen LogP contribution in [0, 0.1) is 0 Å². The number of amides is 1. The maximum Gasteiger partial charge on any atom is 0.255 e. The second-order valence-electron chi connectivity index (χ2n) is 6.13. The Bertz CT molecular complexity index is 1060. The summed E-state index contributed by atoms with van der Waals surface area (Å²) in [4.78, 5) is 16.4. The molecule has 2 heterocycles. The van der Waals surface area contributed by atoms with Gasteiger partial charge in [-0.1, -0.05) is 6.07 Å². The molecule has 1 saturated heterocycles. The van der Waals surface area contributed by atoms with Crippen molar-refractivity contribution in [1.29, 1.82) is 0 Å². The van der Waals surface area contributed by atoms with Crippen LogP contribution in [0.15, 0.2) is 61.2 Å². The molecule has 1 fully saturated rings. The van der Waals surface area contributed by atoms with Crippen molar-refractivity contribution in [2.24, 2.45) is 0 Å². The number of aromatic nitrogens is 3. The molecule has 1 amide bonds. The Labute approximate surface area is 156 Å². The zero-order valence-electron chi connectivity index (χ0n) is 14.3. The number of anilines is 2. The number of carbonyl (C=O) groups is 1. The molecule has 1 aliphatic heterocycles. The lowest BCUT2D eigenvalue weighted by Crippen LogP contribution is -2.25. The Morgan fingerprint density at radius 2 is 1.89 bits per heavy atom. The summed E-state index contributed by atoms with van der Waals surface area (Å²) >= 11 is 0. The lowest BCUT2D eigenvalue weighted by Gasteiger charge is -2.17. The second-order valence-corrected chi connectivity index (χ2v) is 8.15. The molecular formula is C18H17N5O3S. The minimum absolute atomic E-state index is 0.140. The highest BCUT2D eigenvalue weighted by atomic mass is 32.2. The van der Waals surface area contributed by atoms with E-state index in [2.05, 4.69) is 15.4 Å². The summed E-state index contributed by atoms with van der Waals surface area (Å²) in [6.45, 7) is 0.442. The van der Waals surface area contributed by atoms with Crippen LogP contribution in [0.5, 0.6) is 0 Å². The molecule has 8 nitrogen and oxygen atoms in total. The monoisotopic (exact) mass is 383 g/mol. The van der Waals surface area contributed by atoms with E-state index in [1.165, 1.54) is 10.6 Å². The average Bonchev–Trinajstić information content (AvgIpc) is 3.32. The summed E-state index contributed by atoms with van der Waals surface area (Å²) in [5, 5.41) is 6.87. The van der Waals surface area contributed by atoms with Crippen molar-refractivity contribution in [2.75, 3.05) is 21.9 Å². The van der Waals surface area contributed by atoms with Gasteiger partial charge in [0.15, 0.2) is 0 Å². The van der Waals surface area contributed by atoms with E-state index in [0.717, 1.165) is 5.69 Å². The standard InChI is InChI=1S/C18H17N5O3S/c24-18(21-15-5-7-16(8-6-15)22-13-19-12-20-22)14-3-1-4-17(11-14)23-9-2-10-27(23,25)26/h1,3-8,11-13H,2,9-10H2,(H,21,24). The van der Waals surface area contributed by atoms with E-state index in [0.29, 0.717) is 29.9 Å². The van der Waals surface area contributed by atoms with E-state index in [9.17, 15) is 13.2 Å². The molecule has 1 aliphatic rings. The van der Waals surface area contributed by atoms with E-state index in [4.69, 9.17) is 0 Å². The van der Waals surface area contributed by atoms with Gasteiger partial charge in [-0.05, 0) is 48.9 Å². The van der Waals surface area contributed by atoms with Crippen LogP contribution < -0.4 is 9.62 Å². The van der Waals surface area contributed by atoms with Gasteiger partial charge in [-0.2, -0.15) is 5.10 Å². The maximum absolute atomic E-state index is 12.5. The molecular weight excluding hydrogens is 366 g/mol. The van der Waals surface area contributed by atoms with Crippen LogP contribution in [0.1, 0.15) is 16.8 Å². The molecule has 1 N–H and O–H groups in total. The lowest BCUT2D eigenvalue weighted by atomic mass is 10.1. The van der Waals surface area contributed by atoms with E-state index in [1.54, 1.807) is 47.4 Å². The van der Waals surface area contributed by atoms with Crippen LogP contribution >= 0.6 is 0 Å². The number of rotatable bonds is 4. The smallest absolute Gasteiger partial charge is 0.255 e. The predicted molar refractivity (Wildman–Crippen MR) is 102 cm³/mol. The fourth-order valence-corrected chi connectivity index (χ4v) is 4.53. The number of hydrogen-bond acceptors (Lipinski definition) is 5. The minimum Gasteiger partial charge on any atom is -0.322 e. The molecule has 3 aromatic rings. The van der Waals surface area contributed by atoms with Crippen molar-refractivity contribution in [3.8, 4) is 5.69 Å². The average molecular weight is 383 g/mol. The highest BCUT2D eigenvalue weighted by Gasteiger charge is 2.28. The molecule has 27 heavy (non-hydrogen) atoms. The van der Waals surface area contributed by atoms with Gasteiger partial charge in [-0.15, -0.1) is 0 Å². The molecule has 9 heteroatoms. The van der Waals surface area contributed by atoms with E-state index < -0.39 is 10.0 Å².